The summed E-state index contributed by atoms with van der Waals surface area (Å²) in [4.78, 5) is 38.3. The molecule has 1 fully saturated rings. The zero-order valence-corrected chi connectivity index (χ0v) is 14.9. The fraction of sp³-hybridized carbons (Fsp3) is 0.421. The van der Waals surface area contributed by atoms with E-state index in [-0.39, 0.29) is 42.5 Å². The van der Waals surface area contributed by atoms with Crippen molar-refractivity contribution in [2.75, 3.05) is 26.1 Å². The minimum absolute atomic E-state index is 0.0325. The van der Waals surface area contributed by atoms with Crippen molar-refractivity contribution in [1.82, 2.24) is 4.90 Å². The fourth-order valence-electron chi connectivity index (χ4n) is 3.43. The van der Waals surface area contributed by atoms with E-state index >= 15 is 0 Å². The summed E-state index contributed by atoms with van der Waals surface area (Å²) in [5, 5.41) is 2.75. The molecule has 0 unspecified atom stereocenters. The van der Waals surface area contributed by atoms with Crippen LogP contribution in [0.3, 0.4) is 0 Å². The molecule has 2 aliphatic rings. The normalized spacial score (nSPS) is 21.5. The highest BCUT2D eigenvalue weighted by atomic mass is 16.5. The third-order valence-corrected chi connectivity index (χ3v) is 4.84. The Balaban J connectivity index is 1.61. The molecule has 1 saturated heterocycles. The molecule has 0 radical (unpaired) electrons. The van der Waals surface area contributed by atoms with Crippen LogP contribution >= 0.6 is 0 Å². The summed E-state index contributed by atoms with van der Waals surface area (Å²) in [5.74, 6) is -0.0902. The highest BCUT2D eigenvalue weighted by molar-refractivity contribution is 6.06. The number of ether oxygens (including phenoxy) is 2. The fourth-order valence-corrected chi connectivity index (χ4v) is 3.43. The van der Waals surface area contributed by atoms with E-state index in [0.29, 0.717) is 30.0 Å². The van der Waals surface area contributed by atoms with Crippen molar-refractivity contribution in [3.8, 4) is 11.5 Å². The van der Waals surface area contributed by atoms with E-state index in [1.807, 2.05) is 12.2 Å². The van der Waals surface area contributed by atoms with Gasteiger partial charge in [-0.15, -0.1) is 0 Å². The van der Waals surface area contributed by atoms with Gasteiger partial charge in [-0.3, -0.25) is 19.3 Å². The van der Waals surface area contributed by atoms with E-state index in [4.69, 9.17) is 9.47 Å². The van der Waals surface area contributed by atoms with Crippen LogP contribution in [0.4, 0.5) is 5.69 Å². The molecule has 2 atom stereocenters. The van der Waals surface area contributed by atoms with Crippen molar-refractivity contribution in [3.63, 3.8) is 0 Å². The number of rotatable bonds is 6. The lowest BCUT2D eigenvalue weighted by atomic mass is 9.85. The number of imide groups is 1. The highest BCUT2D eigenvalue weighted by Crippen LogP contribution is 2.35. The van der Waals surface area contributed by atoms with E-state index in [1.165, 1.54) is 19.1 Å². The number of nitrogens with one attached hydrogen (secondary N) is 1. The Morgan fingerprint density at radius 2 is 1.77 bits per heavy atom. The quantitative estimate of drug-likeness (QED) is 0.621. The second kappa shape index (κ2) is 7.59. The Morgan fingerprint density at radius 3 is 2.35 bits per heavy atom. The lowest BCUT2D eigenvalue weighted by molar-refractivity contribution is -0.140. The van der Waals surface area contributed by atoms with Gasteiger partial charge in [-0.1, -0.05) is 12.2 Å². The second-order valence-corrected chi connectivity index (χ2v) is 6.35. The van der Waals surface area contributed by atoms with Gasteiger partial charge in [-0.2, -0.15) is 0 Å². The van der Waals surface area contributed by atoms with Gasteiger partial charge in [0.2, 0.25) is 17.7 Å². The predicted molar refractivity (Wildman–Crippen MR) is 94.9 cm³/mol. The number of carbonyl (C=O) groups is 3. The Morgan fingerprint density at radius 1 is 1.12 bits per heavy atom. The molecule has 3 amide bonds. The third kappa shape index (κ3) is 3.42. The number of methoxy groups -OCH3 is 2. The number of benzene rings is 1. The number of likely N-dealkylation sites (tertiary alicyclic amines) is 1. The van der Waals surface area contributed by atoms with Gasteiger partial charge in [0, 0.05) is 19.0 Å². The molecule has 1 aliphatic heterocycles. The monoisotopic (exact) mass is 358 g/mol. The van der Waals surface area contributed by atoms with Gasteiger partial charge in [0.1, 0.15) is 11.5 Å². The molecule has 1 N–H and O–H groups in total. The van der Waals surface area contributed by atoms with E-state index in [9.17, 15) is 14.4 Å². The molecular weight excluding hydrogens is 336 g/mol. The summed E-state index contributed by atoms with van der Waals surface area (Å²) in [5.41, 5.74) is 0.480. The highest BCUT2D eigenvalue weighted by Gasteiger charge is 2.46. The minimum atomic E-state index is -0.301. The summed E-state index contributed by atoms with van der Waals surface area (Å²) in [6.45, 7) is 0.0861. The van der Waals surface area contributed by atoms with Gasteiger partial charge in [0.25, 0.3) is 0 Å². The first-order valence-electron chi connectivity index (χ1n) is 8.57. The van der Waals surface area contributed by atoms with Crippen LogP contribution in [0.1, 0.15) is 19.3 Å². The Kier molecular flexibility index (Phi) is 5.25. The van der Waals surface area contributed by atoms with Gasteiger partial charge >= 0.3 is 0 Å². The maximum absolute atomic E-state index is 12.4. The summed E-state index contributed by atoms with van der Waals surface area (Å²) in [6, 6.07) is 5.08. The lowest BCUT2D eigenvalue weighted by Gasteiger charge is -2.15. The Bertz CT molecular complexity index is 732. The largest absolute Gasteiger partial charge is 0.497 e. The topological polar surface area (TPSA) is 84.9 Å². The molecule has 7 nitrogen and oxygen atoms in total. The number of amides is 3. The molecule has 0 bridgehead atoms. The summed E-state index contributed by atoms with van der Waals surface area (Å²) in [7, 11) is 3.04. The molecule has 1 aromatic rings. The van der Waals surface area contributed by atoms with E-state index < -0.39 is 0 Å². The molecule has 1 aliphatic carbocycles. The molecular formula is C19H22N2O5. The minimum Gasteiger partial charge on any atom is -0.497 e. The van der Waals surface area contributed by atoms with Crippen LogP contribution in [-0.4, -0.2) is 43.4 Å². The van der Waals surface area contributed by atoms with Gasteiger partial charge < -0.3 is 14.8 Å². The number of anilines is 1. The molecule has 0 saturated carbocycles. The first-order valence-corrected chi connectivity index (χ1v) is 8.57. The number of hydrogen-bond acceptors (Lipinski definition) is 5. The number of carbonyl (C=O) groups excluding carboxylic acids is 3. The Labute approximate surface area is 151 Å². The summed E-state index contributed by atoms with van der Waals surface area (Å²) < 4.78 is 10.4. The van der Waals surface area contributed by atoms with E-state index in [0.717, 1.165) is 0 Å². The average molecular weight is 358 g/mol. The molecule has 0 aromatic heterocycles. The number of allylic oxidation sites excluding steroid dienone is 2. The second-order valence-electron chi connectivity index (χ2n) is 6.35. The van der Waals surface area contributed by atoms with Gasteiger partial charge in [0.15, 0.2) is 0 Å². The average Bonchev–Trinajstić information content (AvgIpc) is 2.91. The molecule has 1 aromatic carbocycles. The first-order chi connectivity index (χ1) is 12.5. The van der Waals surface area contributed by atoms with Crippen LogP contribution in [0.2, 0.25) is 0 Å². The number of nitrogens with zero attached hydrogens (tertiary/aromatic N) is 1. The van der Waals surface area contributed by atoms with Crippen molar-refractivity contribution >= 4 is 23.4 Å². The molecule has 0 spiro atoms. The van der Waals surface area contributed by atoms with Crippen molar-refractivity contribution in [2.24, 2.45) is 11.8 Å². The van der Waals surface area contributed by atoms with Crippen LogP contribution in [-0.2, 0) is 14.4 Å². The van der Waals surface area contributed by atoms with E-state index in [1.54, 1.807) is 18.2 Å². The number of fused-ring (bicyclic) bond motifs is 1. The Hall–Kier alpha value is -2.83. The van der Waals surface area contributed by atoms with Crippen molar-refractivity contribution in [1.29, 1.82) is 0 Å². The molecule has 7 heteroatoms. The van der Waals surface area contributed by atoms with Crippen molar-refractivity contribution in [3.05, 3.63) is 30.4 Å². The SMILES string of the molecule is COc1ccc(OC)c(NC(=O)CCN2C(=O)[C@H]3CC=CC[C@H]3C2=O)c1. The molecule has 1 heterocycles. The summed E-state index contributed by atoms with van der Waals surface area (Å²) >= 11 is 0. The molecule has 3 rings (SSSR count). The third-order valence-electron chi connectivity index (χ3n) is 4.84. The molecule has 138 valence electrons. The standard InChI is InChI=1S/C19H22N2O5/c1-25-12-7-8-16(26-2)15(11-12)20-17(22)9-10-21-18(23)13-5-3-4-6-14(13)19(21)24/h3-4,7-8,11,13-14H,5-6,9-10H2,1-2H3,(H,20,22)/t13-,14+. The zero-order chi connectivity index (χ0) is 18.7. The van der Waals surface area contributed by atoms with Gasteiger partial charge in [-0.05, 0) is 25.0 Å². The zero-order valence-electron chi connectivity index (χ0n) is 14.9. The van der Waals surface area contributed by atoms with Crippen LogP contribution in [0.25, 0.3) is 0 Å². The smallest absolute Gasteiger partial charge is 0.233 e. The predicted octanol–water partition coefficient (Wildman–Crippen LogP) is 1.98. The van der Waals surface area contributed by atoms with E-state index in [2.05, 4.69) is 5.32 Å². The summed E-state index contributed by atoms with van der Waals surface area (Å²) in [6.07, 6.45) is 5.11. The maximum Gasteiger partial charge on any atom is 0.233 e. The molecule has 26 heavy (non-hydrogen) atoms. The van der Waals surface area contributed by atoms with Crippen LogP contribution in [0.5, 0.6) is 11.5 Å². The van der Waals surface area contributed by atoms with Crippen LogP contribution in [0.15, 0.2) is 30.4 Å². The van der Waals surface area contributed by atoms with Crippen LogP contribution < -0.4 is 14.8 Å². The van der Waals surface area contributed by atoms with Gasteiger partial charge in [0.05, 0.1) is 31.7 Å². The first kappa shape index (κ1) is 18.0. The van der Waals surface area contributed by atoms with Crippen molar-refractivity contribution in [2.45, 2.75) is 19.3 Å². The van der Waals surface area contributed by atoms with Gasteiger partial charge in [-0.25, -0.2) is 0 Å². The number of hydrogen-bond donors (Lipinski definition) is 1. The van der Waals surface area contributed by atoms with Crippen molar-refractivity contribution < 1.29 is 23.9 Å². The lowest BCUT2D eigenvalue weighted by Crippen LogP contribution is -2.34. The van der Waals surface area contributed by atoms with Crippen LogP contribution in [0, 0.1) is 11.8 Å². The maximum atomic E-state index is 12.4.